The molecule has 5 aromatic rings. The summed E-state index contributed by atoms with van der Waals surface area (Å²) in [4.78, 5) is 17.1. The van der Waals surface area contributed by atoms with Crippen molar-refractivity contribution in [2.75, 3.05) is 13.1 Å². The zero-order valence-corrected chi connectivity index (χ0v) is 20.4. The first-order chi connectivity index (χ1) is 17.0. The number of hydrogen-bond donors (Lipinski definition) is 2. The van der Waals surface area contributed by atoms with Crippen LogP contribution in [0.25, 0.3) is 33.3 Å². The number of aryl methyl sites for hydroxylation is 1. The Kier molecular flexibility index (Phi) is 5.62. The molecule has 1 saturated heterocycles. The summed E-state index contributed by atoms with van der Waals surface area (Å²) in [6.45, 7) is 7.09. The third kappa shape index (κ3) is 4.24. The Bertz CT molecular complexity index is 1530. The molecule has 3 aromatic heterocycles. The molecule has 35 heavy (non-hydrogen) atoms. The van der Waals surface area contributed by atoms with Crippen molar-refractivity contribution in [1.82, 2.24) is 35.0 Å². The molecule has 2 aromatic carbocycles. The van der Waals surface area contributed by atoms with E-state index in [1.807, 2.05) is 43.5 Å². The Morgan fingerprint density at radius 3 is 2.74 bits per heavy atom. The number of hydrogen-bond acceptors (Lipinski definition) is 6. The number of aromatic nitrogens is 6. The molecular formula is C26H26ClN7O. The van der Waals surface area contributed by atoms with Gasteiger partial charge < -0.3 is 15.0 Å². The van der Waals surface area contributed by atoms with E-state index in [1.165, 1.54) is 12.8 Å². The summed E-state index contributed by atoms with van der Waals surface area (Å²) in [6.07, 6.45) is 6.01. The fourth-order valence-electron chi connectivity index (χ4n) is 4.73. The molecule has 6 rings (SSSR count). The molecule has 0 atom stereocenters. The number of aromatic amines is 1. The van der Waals surface area contributed by atoms with E-state index in [4.69, 9.17) is 21.3 Å². The molecule has 2 N–H and O–H groups in total. The number of rotatable bonds is 5. The van der Waals surface area contributed by atoms with Crippen LogP contribution in [0.3, 0.4) is 0 Å². The molecular weight excluding hydrogens is 462 g/mol. The van der Waals surface area contributed by atoms with Gasteiger partial charge in [0, 0.05) is 23.9 Å². The quantitative estimate of drug-likeness (QED) is 0.343. The lowest BCUT2D eigenvalue weighted by Crippen LogP contribution is -2.30. The highest BCUT2D eigenvalue weighted by molar-refractivity contribution is 6.36. The van der Waals surface area contributed by atoms with Crippen LogP contribution < -0.4 is 10.1 Å². The van der Waals surface area contributed by atoms with Crippen LogP contribution in [0.1, 0.15) is 24.4 Å². The second kappa shape index (κ2) is 8.94. The summed E-state index contributed by atoms with van der Waals surface area (Å²) < 4.78 is 8.21. The summed E-state index contributed by atoms with van der Waals surface area (Å²) in [5, 5.41) is 8.50. The second-order valence-electron chi connectivity index (χ2n) is 9.12. The van der Waals surface area contributed by atoms with Gasteiger partial charge in [0.2, 0.25) is 0 Å². The first-order valence-corrected chi connectivity index (χ1v) is 12.3. The van der Waals surface area contributed by atoms with Gasteiger partial charge in [0.15, 0.2) is 0 Å². The summed E-state index contributed by atoms with van der Waals surface area (Å²) >= 11 is 6.77. The molecule has 8 nitrogen and oxygen atoms in total. The molecule has 0 spiro atoms. The highest BCUT2D eigenvalue weighted by Gasteiger charge is 2.18. The third-order valence-electron chi connectivity index (χ3n) is 6.69. The van der Waals surface area contributed by atoms with Crippen molar-refractivity contribution in [2.45, 2.75) is 33.2 Å². The van der Waals surface area contributed by atoms with Gasteiger partial charge in [-0.25, -0.2) is 9.97 Å². The van der Waals surface area contributed by atoms with Gasteiger partial charge in [-0.1, -0.05) is 11.6 Å². The van der Waals surface area contributed by atoms with Gasteiger partial charge in [-0.05, 0) is 70.0 Å². The Morgan fingerprint density at radius 1 is 1.06 bits per heavy atom. The van der Waals surface area contributed by atoms with Gasteiger partial charge >= 0.3 is 0 Å². The maximum atomic E-state index is 6.77. The number of fused-ring (bicyclic) bond motifs is 2. The molecule has 4 heterocycles. The maximum absolute atomic E-state index is 6.77. The monoisotopic (exact) mass is 487 g/mol. The number of imidazole rings is 1. The molecule has 1 aliphatic heterocycles. The largest absolute Gasteiger partial charge is 0.456 e. The van der Waals surface area contributed by atoms with E-state index in [1.54, 1.807) is 6.20 Å². The second-order valence-corrected chi connectivity index (χ2v) is 9.50. The maximum Gasteiger partial charge on any atom is 0.148 e. The Morgan fingerprint density at radius 2 is 1.89 bits per heavy atom. The van der Waals surface area contributed by atoms with E-state index < -0.39 is 0 Å². The molecule has 1 fully saturated rings. The van der Waals surface area contributed by atoms with Crippen LogP contribution in [0.4, 0.5) is 0 Å². The minimum atomic E-state index is 0.428. The highest BCUT2D eigenvalue weighted by atomic mass is 35.5. The Hall–Kier alpha value is -3.49. The third-order valence-corrected chi connectivity index (χ3v) is 7.05. The summed E-state index contributed by atoms with van der Waals surface area (Å²) in [5.41, 5.74) is 5.93. The number of piperidine rings is 1. The van der Waals surface area contributed by atoms with E-state index in [0.29, 0.717) is 33.5 Å². The van der Waals surface area contributed by atoms with Crippen molar-refractivity contribution in [3.63, 3.8) is 0 Å². The van der Waals surface area contributed by atoms with Gasteiger partial charge in [0.25, 0.3) is 0 Å². The Balaban J connectivity index is 1.31. The standard InChI is InChI=1S/C26H26ClN7O/c1-15-19(12-30-34(15)14-17-7-9-28-10-8-17)23-13-29-21-5-6-24(25(27)26(21)33-23)35-18-3-4-20-22(11-18)32-16(2)31-20/h3-6,11-13,17,28H,7-10,14H2,1-2H3,(H,31,32). The number of nitrogens with zero attached hydrogens (tertiary/aromatic N) is 5. The number of benzene rings is 2. The lowest BCUT2D eigenvalue weighted by molar-refractivity contribution is 0.319. The molecule has 0 aliphatic carbocycles. The minimum absolute atomic E-state index is 0.428. The van der Waals surface area contributed by atoms with Crippen LogP contribution in [0, 0.1) is 19.8 Å². The predicted octanol–water partition coefficient (Wildman–Crippen LogP) is 5.43. The van der Waals surface area contributed by atoms with Crippen molar-refractivity contribution in [2.24, 2.45) is 5.92 Å². The van der Waals surface area contributed by atoms with Crippen LogP contribution in [-0.4, -0.2) is 42.8 Å². The molecule has 9 heteroatoms. The number of halogens is 1. The van der Waals surface area contributed by atoms with Crippen LogP contribution in [0.2, 0.25) is 5.02 Å². The van der Waals surface area contributed by atoms with Gasteiger partial charge in [0.1, 0.15) is 27.9 Å². The molecule has 0 radical (unpaired) electrons. The van der Waals surface area contributed by atoms with E-state index >= 15 is 0 Å². The van der Waals surface area contributed by atoms with E-state index in [9.17, 15) is 0 Å². The fourth-order valence-corrected chi connectivity index (χ4v) is 4.97. The SMILES string of the molecule is Cc1nc2ccc(Oc3ccc4ncc(-c5cnn(CC6CCNCC6)c5C)nc4c3Cl)cc2[nH]1. The van der Waals surface area contributed by atoms with E-state index in [2.05, 4.69) is 37.0 Å². The number of nitrogens with one attached hydrogen (secondary N) is 2. The lowest BCUT2D eigenvalue weighted by Gasteiger charge is -2.23. The van der Waals surface area contributed by atoms with Crippen LogP contribution in [0.15, 0.2) is 42.7 Å². The van der Waals surface area contributed by atoms with Gasteiger partial charge in [-0.2, -0.15) is 5.10 Å². The molecule has 0 amide bonds. The zero-order valence-electron chi connectivity index (χ0n) is 19.7. The van der Waals surface area contributed by atoms with Crippen LogP contribution >= 0.6 is 11.6 Å². The predicted molar refractivity (Wildman–Crippen MR) is 137 cm³/mol. The van der Waals surface area contributed by atoms with Crippen molar-refractivity contribution in [3.05, 3.63) is 59.3 Å². The minimum Gasteiger partial charge on any atom is -0.456 e. The molecule has 1 aliphatic rings. The number of ether oxygens (including phenoxy) is 1. The average molecular weight is 488 g/mol. The van der Waals surface area contributed by atoms with E-state index in [-0.39, 0.29) is 0 Å². The lowest BCUT2D eigenvalue weighted by atomic mass is 9.98. The molecule has 178 valence electrons. The molecule has 0 bridgehead atoms. The summed E-state index contributed by atoms with van der Waals surface area (Å²) in [5.74, 6) is 2.70. The first kappa shape index (κ1) is 22.0. The smallest absolute Gasteiger partial charge is 0.148 e. The van der Waals surface area contributed by atoms with Crippen LogP contribution in [-0.2, 0) is 6.54 Å². The van der Waals surface area contributed by atoms with Gasteiger partial charge in [0.05, 0.1) is 34.6 Å². The van der Waals surface area contributed by atoms with Crippen LogP contribution in [0.5, 0.6) is 11.5 Å². The zero-order chi connectivity index (χ0) is 23.9. The molecule has 0 saturated carbocycles. The van der Waals surface area contributed by atoms with Crippen molar-refractivity contribution in [1.29, 1.82) is 0 Å². The first-order valence-electron chi connectivity index (χ1n) is 11.9. The van der Waals surface area contributed by atoms with Gasteiger partial charge in [-0.3, -0.25) is 9.67 Å². The molecule has 0 unspecified atom stereocenters. The van der Waals surface area contributed by atoms with Gasteiger partial charge in [-0.15, -0.1) is 0 Å². The van der Waals surface area contributed by atoms with Crippen molar-refractivity contribution < 1.29 is 4.74 Å². The summed E-state index contributed by atoms with van der Waals surface area (Å²) in [7, 11) is 0. The highest BCUT2D eigenvalue weighted by Crippen LogP contribution is 2.36. The fraction of sp³-hybridized carbons (Fsp3) is 0.308. The van der Waals surface area contributed by atoms with Crippen molar-refractivity contribution >= 4 is 33.7 Å². The average Bonchev–Trinajstić information content (AvgIpc) is 3.42. The topological polar surface area (TPSA) is 93.5 Å². The van der Waals surface area contributed by atoms with E-state index in [0.717, 1.165) is 53.4 Å². The van der Waals surface area contributed by atoms with Crippen molar-refractivity contribution in [3.8, 4) is 22.8 Å². The number of H-pyrrole nitrogens is 1. The normalized spacial score (nSPS) is 14.7. The summed E-state index contributed by atoms with van der Waals surface area (Å²) in [6, 6.07) is 9.41. The Labute approximate surface area is 207 Å².